The van der Waals surface area contributed by atoms with Gasteiger partial charge in [0.25, 0.3) is 0 Å². The Morgan fingerprint density at radius 2 is 1.75 bits per heavy atom. The molecule has 2 fully saturated rings. The third-order valence-corrected chi connectivity index (χ3v) is 1.62. The number of amides is 3. The lowest BCUT2D eigenvalue weighted by Crippen LogP contribution is -2.22. The number of hydrogen-bond donors (Lipinski definition) is 3. The summed E-state index contributed by atoms with van der Waals surface area (Å²) in [4.78, 5) is 20.1. The molecule has 0 aromatic rings. The number of carbonyl (C=O) groups excluding carboxylic acids is 2. The molecule has 2 heterocycles. The molecule has 0 aromatic heterocycles. The van der Waals surface area contributed by atoms with Gasteiger partial charge in [0.15, 0.2) is 0 Å². The summed E-state index contributed by atoms with van der Waals surface area (Å²) in [6, 6.07) is -0.398. The van der Waals surface area contributed by atoms with E-state index in [-0.39, 0.29) is 12.5 Å². The van der Waals surface area contributed by atoms with Gasteiger partial charge in [0.05, 0.1) is 6.54 Å². The monoisotopic (exact) mass is 171 g/mol. The van der Waals surface area contributed by atoms with E-state index in [2.05, 4.69) is 10.6 Å². The fraction of sp³-hybridized carbons (Fsp3) is 0.714. The minimum atomic E-state index is -0.398. The zero-order valence-electron chi connectivity index (χ0n) is 6.85. The molecule has 2 rings (SSSR count). The van der Waals surface area contributed by atoms with Crippen molar-refractivity contribution in [2.24, 2.45) is 0 Å². The predicted molar refractivity (Wildman–Crippen MR) is 43.6 cm³/mol. The van der Waals surface area contributed by atoms with Gasteiger partial charge < -0.3 is 10.6 Å². The van der Waals surface area contributed by atoms with Crippen molar-refractivity contribution in [1.82, 2.24) is 16.0 Å². The summed E-state index contributed by atoms with van der Waals surface area (Å²) in [5.41, 5.74) is 0. The molecule has 5 heteroatoms. The quantitative estimate of drug-likeness (QED) is 0.418. The van der Waals surface area contributed by atoms with Crippen molar-refractivity contribution in [2.75, 3.05) is 19.6 Å². The maximum atomic E-state index is 10.1. The first-order valence-corrected chi connectivity index (χ1v) is 4.07. The first kappa shape index (κ1) is 8.99. The minimum Gasteiger partial charge on any atom is -0.329 e. The fourth-order valence-corrected chi connectivity index (χ4v) is 1.00. The molecule has 2 aliphatic heterocycles. The van der Waals surface area contributed by atoms with Crippen LogP contribution in [0.4, 0.5) is 4.79 Å². The van der Waals surface area contributed by atoms with Crippen molar-refractivity contribution >= 4 is 11.9 Å². The lowest BCUT2D eigenvalue weighted by Gasteiger charge is -1.78. The first-order chi connectivity index (χ1) is 5.79. The van der Waals surface area contributed by atoms with E-state index in [1.165, 1.54) is 25.9 Å². The molecule has 0 unspecified atom stereocenters. The number of urea groups is 1. The van der Waals surface area contributed by atoms with Crippen molar-refractivity contribution in [3.8, 4) is 0 Å². The first-order valence-electron chi connectivity index (χ1n) is 4.07. The van der Waals surface area contributed by atoms with Gasteiger partial charge >= 0.3 is 6.03 Å². The average molecular weight is 171 g/mol. The van der Waals surface area contributed by atoms with Gasteiger partial charge in [-0.2, -0.15) is 0 Å². The van der Waals surface area contributed by atoms with Crippen LogP contribution < -0.4 is 16.0 Å². The Kier molecular flexibility index (Phi) is 3.53. The third kappa shape index (κ3) is 3.34. The molecule has 0 radical (unpaired) electrons. The van der Waals surface area contributed by atoms with Gasteiger partial charge in [-0.05, 0) is 25.9 Å². The molecule has 0 bridgehead atoms. The van der Waals surface area contributed by atoms with Crippen LogP contribution in [0.3, 0.4) is 0 Å². The molecule has 3 N–H and O–H groups in total. The molecule has 5 nitrogen and oxygen atoms in total. The summed E-state index contributed by atoms with van der Waals surface area (Å²) in [7, 11) is 0. The van der Waals surface area contributed by atoms with Crippen LogP contribution >= 0.6 is 0 Å². The molecule has 68 valence electrons. The summed E-state index contributed by atoms with van der Waals surface area (Å²) in [5.74, 6) is -0.259. The molecule has 0 spiro atoms. The van der Waals surface area contributed by atoms with Crippen LogP contribution in [0.2, 0.25) is 0 Å². The topological polar surface area (TPSA) is 70.2 Å². The molecule has 2 aliphatic rings. The second-order valence-electron chi connectivity index (χ2n) is 2.69. The summed E-state index contributed by atoms with van der Waals surface area (Å²) in [5, 5.41) is 7.52. The maximum Gasteiger partial charge on any atom is 0.321 e. The Hall–Kier alpha value is -1.10. The number of rotatable bonds is 0. The Labute approximate surface area is 70.9 Å². The highest BCUT2D eigenvalue weighted by molar-refractivity contribution is 6.01. The van der Waals surface area contributed by atoms with Crippen LogP contribution in [0, 0.1) is 0 Å². The molecule has 3 amide bonds. The van der Waals surface area contributed by atoms with Gasteiger partial charge in [-0.3, -0.25) is 10.1 Å². The molecule has 12 heavy (non-hydrogen) atoms. The van der Waals surface area contributed by atoms with Crippen molar-refractivity contribution < 1.29 is 9.59 Å². The standard InChI is InChI=1S/C4H9N.C3H4N2O2/c1-2-4-5-3-1;6-2-1-4-3(7)5-2/h5H,1-4H2;1H2,(H2,4,5,6,7). The number of hydrogen-bond acceptors (Lipinski definition) is 3. The summed E-state index contributed by atoms with van der Waals surface area (Å²) in [6.07, 6.45) is 2.78. The number of carbonyl (C=O) groups is 2. The second-order valence-corrected chi connectivity index (χ2v) is 2.69. The van der Waals surface area contributed by atoms with Crippen molar-refractivity contribution in [3.63, 3.8) is 0 Å². The molecule has 2 saturated heterocycles. The van der Waals surface area contributed by atoms with E-state index in [4.69, 9.17) is 0 Å². The number of imide groups is 1. The van der Waals surface area contributed by atoms with Gasteiger partial charge in [-0.25, -0.2) is 4.79 Å². The van der Waals surface area contributed by atoms with E-state index in [1.54, 1.807) is 0 Å². The molecule has 0 atom stereocenters. The average Bonchev–Trinajstić information content (AvgIpc) is 2.63. The fourth-order valence-electron chi connectivity index (χ4n) is 1.00. The van der Waals surface area contributed by atoms with Gasteiger partial charge in [-0.1, -0.05) is 0 Å². The lowest BCUT2D eigenvalue weighted by atomic mass is 10.4. The second kappa shape index (κ2) is 4.71. The number of nitrogens with one attached hydrogen (secondary N) is 3. The maximum absolute atomic E-state index is 10.1. The summed E-state index contributed by atoms with van der Waals surface area (Å²) in [6.45, 7) is 2.62. The van der Waals surface area contributed by atoms with Crippen LogP contribution in [-0.4, -0.2) is 31.6 Å². The van der Waals surface area contributed by atoms with E-state index < -0.39 is 6.03 Å². The molecular weight excluding hydrogens is 158 g/mol. The Bertz CT molecular complexity index is 156. The van der Waals surface area contributed by atoms with E-state index in [0.717, 1.165) is 0 Å². The smallest absolute Gasteiger partial charge is 0.321 e. The van der Waals surface area contributed by atoms with Gasteiger partial charge in [0.1, 0.15) is 0 Å². The lowest BCUT2D eigenvalue weighted by molar-refractivity contribution is -0.117. The van der Waals surface area contributed by atoms with Gasteiger partial charge in [0, 0.05) is 0 Å². The zero-order chi connectivity index (χ0) is 8.81. The highest BCUT2D eigenvalue weighted by Crippen LogP contribution is 1.90. The Morgan fingerprint density at radius 3 is 1.92 bits per heavy atom. The zero-order valence-corrected chi connectivity index (χ0v) is 6.85. The predicted octanol–water partition coefficient (Wildman–Crippen LogP) is -0.804. The van der Waals surface area contributed by atoms with Crippen molar-refractivity contribution in [1.29, 1.82) is 0 Å². The highest BCUT2D eigenvalue weighted by atomic mass is 16.2. The SMILES string of the molecule is C1CCNC1.O=C1CNC(=O)N1. The van der Waals surface area contributed by atoms with Crippen LogP contribution in [-0.2, 0) is 4.79 Å². The van der Waals surface area contributed by atoms with E-state index in [1.807, 2.05) is 5.32 Å². The normalized spacial score (nSPS) is 21.0. The van der Waals surface area contributed by atoms with E-state index in [9.17, 15) is 9.59 Å². The highest BCUT2D eigenvalue weighted by Gasteiger charge is 2.14. The van der Waals surface area contributed by atoms with E-state index >= 15 is 0 Å². The van der Waals surface area contributed by atoms with Crippen molar-refractivity contribution in [2.45, 2.75) is 12.8 Å². The summed E-state index contributed by atoms with van der Waals surface area (Å²) < 4.78 is 0. The third-order valence-electron chi connectivity index (χ3n) is 1.62. The van der Waals surface area contributed by atoms with Gasteiger partial charge in [0.2, 0.25) is 5.91 Å². The Balaban J connectivity index is 0.000000127. The van der Waals surface area contributed by atoms with E-state index in [0.29, 0.717) is 0 Å². The molecule has 0 aliphatic carbocycles. The molecular formula is C7H13N3O2. The Morgan fingerprint density at radius 1 is 1.08 bits per heavy atom. The van der Waals surface area contributed by atoms with Crippen LogP contribution in [0.5, 0.6) is 0 Å². The van der Waals surface area contributed by atoms with Crippen LogP contribution in [0.1, 0.15) is 12.8 Å². The largest absolute Gasteiger partial charge is 0.329 e. The van der Waals surface area contributed by atoms with Gasteiger partial charge in [-0.15, -0.1) is 0 Å². The summed E-state index contributed by atoms with van der Waals surface area (Å²) >= 11 is 0. The van der Waals surface area contributed by atoms with Crippen molar-refractivity contribution in [3.05, 3.63) is 0 Å². The minimum absolute atomic E-state index is 0.124. The molecule has 0 saturated carbocycles. The van der Waals surface area contributed by atoms with Crippen LogP contribution in [0.25, 0.3) is 0 Å². The van der Waals surface area contributed by atoms with Crippen LogP contribution in [0.15, 0.2) is 0 Å². The molecule has 0 aromatic carbocycles.